The Morgan fingerprint density at radius 2 is 2.16 bits per heavy atom. The van der Waals surface area contributed by atoms with Crippen molar-refractivity contribution in [3.63, 3.8) is 0 Å². The molecule has 0 heterocycles. The van der Waals surface area contributed by atoms with Crippen LogP contribution in [0.2, 0.25) is 0 Å². The molecule has 0 amide bonds. The summed E-state index contributed by atoms with van der Waals surface area (Å²) in [6.45, 7) is 5.20. The van der Waals surface area contributed by atoms with Gasteiger partial charge in [0.25, 0.3) is 0 Å². The molecule has 0 aromatic heterocycles. The molecule has 104 valence electrons. The summed E-state index contributed by atoms with van der Waals surface area (Å²) in [6, 6.07) is 6.13. The second-order valence-corrected chi connectivity index (χ2v) is 5.60. The van der Waals surface area contributed by atoms with Crippen LogP contribution < -0.4 is 4.74 Å². The molecule has 0 unspecified atom stereocenters. The molecule has 1 aromatic carbocycles. The zero-order valence-corrected chi connectivity index (χ0v) is 11.9. The molecule has 0 atom stereocenters. The molecular weight excluding hydrogens is 238 g/mol. The van der Waals surface area contributed by atoms with Crippen LogP contribution in [0.4, 0.5) is 0 Å². The van der Waals surface area contributed by atoms with E-state index in [-0.39, 0.29) is 0 Å². The van der Waals surface area contributed by atoms with Gasteiger partial charge in [0.2, 0.25) is 0 Å². The van der Waals surface area contributed by atoms with Crippen LogP contribution in [0.25, 0.3) is 0 Å². The normalized spacial score (nSPS) is 16.7. The van der Waals surface area contributed by atoms with E-state index in [0.717, 1.165) is 55.2 Å². The minimum absolute atomic E-state index is 0.722. The lowest BCUT2D eigenvalue weighted by molar-refractivity contribution is 0.297. The number of rotatable bonds is 5. The number of hydrogen-bond acceptors (Lipinski definition) is 3. The molecular formula is C16H23NO2. The van der Waals surface area contributed by atoms with Crippen LogP contribution in [-0.4, -0.2) is 17.5 Å². The van der Waals surface area contributed by atoms with Gasteiger partial charge in [-0.05, 0) is 55.7 Å². The van der Waals surface area contributed by atoms with Crippen LogP contribution in [0.15, 0.2) is 23.4 Å². The van der Waals surface area contributed by atoms with Crippen LogP contribution in [0.3, 0.4) is 0 Å². The van der Waals surface area contributed by atoms with Crippen molar-refractivity contribution in [2.24, 2.45) is 11.1 Å². The lowest BCUT2D eigenvalue weighted by Crippen LogP contribution is -2.12. The van der Waals surface area contributed by atoms with E-state index in [2.05, 4.69) is 25.1 Å². The summed E-state index contributed by atoms with van der Waals surface area (Å²) < 4.78 is 5.78. The van der Waals surface area contributed by atoms with E-state index >= 15 is 0 Å². The highest BCUT2D eigenvalue weighted by Crippen LogP contribution is 2.26. The highest BCUT2D eigenvalue weighted by Gasteiger charge is 2.16. The van der Waals surface area contributed by atoms with Crippen LogP contribution in [0.5, 0.6) is 5.75 Å². The summed E-state index contributed by atoms with van der Waals surface area (Å²) in [5.41, 5.74) is 3.09. The Bertz CT molecular complexity index is 452. The molecule has 3 nitrogen and oxygen atoms in total. The van der Waals surface area contributed by atoms with Gasteiger partial charge in [-0.2, -0.15) is 0 Å². The van der Waals surface area contributed by atoms with Gasteiger partial charge >= 0.3 is 0 Å². The summed E-state index contributed by atoms with van der Waals surface area (Å²) in [4.78, 5) is 0. The SMILES string of the molecule is CC(C)CCCOc1ccc2c(c1)/C(=N\O)CCC2. The second kappa shape index (κ2) is 6.60. The van der Waals surface area contributed by atoms with E-state index in [9.17, 15) is 0 Å². The topological polar surface area (TPSA) is 41.8 Å². The maximum absolute atomic E-state index is 9.05. The number of ether oxygens (including phenoxy) is 1. The summed E-state index contributed by atoms with van der Waals surface area (Å²) in [7, 11) is 0. The van der Waals surface area contributed by atoms with E-state index in [1.807, 2.05) is 12.1 Å². The standard InChI is InChI=1S/C16H23NO2/c1-12(2)5-4-10-19-14-9-8-13-6-3-7-16(17-18)15(13)11-14/h8-9,11-12,18H,3-7,10H2,1-2H3/b17-16-. The average Bonchev–Trinajstić information content (AvgIpc) is 2.42. The van der Waals surface area contributed by atoms with Crippen LogP contribution in [0, 0.1) is 5.92 Å². The molecule has 19 heavy (non-hydrogen) atoms. The molecule has 0 fully saturated rings. The van der Waals surface area contributed by atoms with Crippen molar-refractivity contribution in [1.29, 1.82) is 0 Å². The third-order valence-electron chi connectivity index (χ3n) is 3.57. The monoisotopic (exact) mass is 261 g/mol. The van der Waals surface area contributed by atoms with Gasteiger partial charge in [-0.15, -0.1) is 0 Å². The molecule has 2 rings (SSSR count). The number of aryl methyl sites for hydroxylation is 1. The smallest absolute Gasteiger partial charge is 0.119 e. The Morgan fingerprint density at radius 1 is 1.32 bits per heavy atom. The minimum atomic E-state index is 0.722. The molecule has 1 N–H and O–H groups in total. The van der Waals surface area contributed by atoms with Gasteiger partial charge in [-0.25, -0.2) is 0 Å². The Morgan fingerprint density at radius 3 is 2.89 bits per heavy atom. The first-order valence-corrected chi connectivity index (χ1v) is 7.17. The average molecular weight is 261 g/mol. The predicted molar refractivity (Wildman–Crippen MR) is 77.3 cm³/mol. The summed E-state index contributed by atoms with van der Waals surface area (Å²) in [5, 5.41) is 12.5. The summed E-state index contributed by atoms with van der Waals surface area (Å²) in [6.07, 6.45) is 5.23. The fraction of sp³-hybridized carbons (Fsp3) is 0.562. The van der Waals surface area contributed by atoms with E-state index in [0.29, 0.717) is 0 Å². The molecule has 3 heteroatoms. The molecule has 1 aromatic rings. The van der Waals surface area contributed by atoms with Crippen molar-refractivity contribution in [2.75, 3.05) is 6.61 Å². The maximum atomic E-state index is 9.05. The zero-order chi connectivity index (χ0) is 13.7. The van der Waals surface area contributed by atoms with Crippen molar-refractivity contribution in [2.45, 2.75) is 46.0 Å². The molecule has 0 saturated carbocycles. The van der Waals surface area contributed by atoms with Crippen molar-refractivity contribution in [3.8, 4) is 5.75 Å². The minimum Gasteiger partial charge on any atom is -0.494 e. The molecule has 0 spiro atoms. The van der Waals surface area contributed by atoms with Crippen LogP contribution >= 0.6 is 0 Å². The molecule has 0 radical (unpaired) electrons. The molecule has 0 bridgehead atoms. The lowest BCUT2D eigenvalue weighted by Gasteiger charge is -2.18. The van der Waals surface area contributed by atoms with Gasteiger partial charge in [0.1, 0.15) is 5.75 Å². The highest BCUT2D eigenvalue weighted by atomic mass is 16.5. The van der Waals surface area contributed by atoms with Crippen molar-refractivity contribution in [1.82, 2.24) is 0 Å². The molecule has 1 aliphatic rings. The Hall–Kier alpha value is -1.51. The van der Waals surface area contributed by atoms with E-state index in [1.165, 1.54) is 12.0 Å². The summed E-state index contributed by atoms with van der Waals surface area (Å²) >= 11 is 0. The number of nitrogens with zero attached hydrogens (tertiary/aromatic N) is 1. The van der Waals surface area contributed by atoms with Gasteiger partial charge in [0.15, 0.2) is 0 Å². The first-order valence-electron chi connectivity index (χ1n) is 7.17. The number of fused-ring (bicyclic) bond motifs is 1. The highest BCUT2D eigenvalue weighted by molar-refractivity contribution is 6.02. The Labute approximate surface area is 115 Å². The van der Waals surface area contributed by atoms with E-state index in [1.54, 1.807) is 0 Å². The third kappa shape index (κ3) is 3.72. The largest absolute Gasteiger partial charge is 0.494 e. The third-order valence-corrected chi connectivity index (χ3v) is 3.57. The van der Waals surface area contributed by atoms with Gasteiger partial charge in [0, 0.05) is 5.56 Å². The Kier molecular flexibility index (Phi) is 4.83. The van der Waals surface area contributed by atoms with E-state index in [4.69, 9.17) is 9.94 Å². The first kappa shape index (κ1) is 13.9. The van der Waals surface area contributed by atoms with Crippen LogP contribution in [-0.2, 0) is 6.42 Å². The number of hydrogen-bond donors (Lipinski definition) is 1. The zero-order valence-electron chi connectivity index (χ0n) is 11.9. The van der Waals surface area contributed by atoms with E-state index < -0.39 is 0 Å². The van der Waals surface area contributed by atoms with Crippen molar-refractivity contribution in [3.05, 3.63) is 29.3 Å². The van der Waals surface area contributed by atoms with Gasteiger partial charge in [-0.1, -0.05) is 25.1 Å². The van der Waals surface area contributed by atoms with Gasteiger partial charge in [0.05, 0.1) is 12.3 Å². The quantitative estimate of drug-likeness (QED) is 0.494. The maximum Gasteiger partial charge on any atom is 0.119 e. The predicted octanol–water partition coefficient (Wildman–Crippen LogP) is 4.02. The number of benzene rings is 1. The molecule has 0 aliphatic heterocycles. The fourth-order valence-electron chi connectivity index (χ4n) is 2.50. The fourth-order valence-corrected chi connectivity index (χ4v) is 2.50. The second-order valence-electron chi connectivity index (χ2n) is 5.60. The van der Waals surface area contributed by atoms with Gasteiger partial charge in [-0.3, -0.25) is 0 Å². The first-order chi connectivity index (χ1) is 9.20. The Balaban J connectivity index is 2.00. The molecule has 1 aliphatic carbocycles. The van der Waals surface area contributed by atoms with Crippen molar-refractivity contribution < 1.29 is 9.94 Å². The number of oxime groups is 1. The van der Waals surface area contributed by atoms with Crippen molar-refractivity contribution >= 4 is 5.71 Å². The molecule has 0 saturated heterocycles. The lowest BCUT2D eigenvalue weighted by atomic mass is 9.90. The van der Waals surface area contributed by atoms with Crippen LogP contribution in [0.1, 0.15) is 50.7 Å². The van der Waals surface area contributed by atoms with Gasteiger partial charge < -0.3 is 9.94 Å². The summed E-state index contributed by atoms with van der Waals surface area (Å²) in [5.74, 6) is 1.60.